The second-order valence-electron chi connectivity index (χ2n) is 5.08. The van der Waals surface area contributed by atoms with E-state index in [2.05, 4.69) is 5.32 Å². The van der Waals surface area contributed by atoms with Crippen LogP contribution in [-0.4, -0.2) is 24.2 Å². The van der Waals surface area contributed by atoms with Crippen LogP contribution in [0.2, 0.25) is 0 Å². The molecule has 1 saturated heterocycles. The highest BCUT2D eigenvalue weighted by Gasteiger charge is 2.32. The highest BCUT2D eigenvalue weighted by atomic mass is 16.4. The van der Waals surface area contributed by atoms with Gasteiger partial charge in [0.15, 0.2) is 0 Å². The summed E-state index contributed by atoms with van der Waals surface area (Å²) in [4.78, 5) is 11.1. The van der Waals surface area contributed by atoms with Crippen molar-refractivity contribution >= 4 is 5.97 Å². The minimum Gasteiger partial charge on any atom is -0.481 e. The highest BCUT2D eigenvalue weighted by molar-refractivity contribution is 5.70. The van der Waals surface area contributed by atoms with Gasteiger partial charge in [-0.3, -0.25) is 4.79 Å². The van der Waals surface area contributed by atoms with E-state index in [1.165, 1.54) is 25.7 Å². The summed E-state index contributed by atoms with van der Waals surface area (Å²) < 4.78 is 0. The van der Waals surface area contributed by atoms with Gasteiger partial charge in [0.1, 0.15) is 0 Å². The first-order valence-electron chi connectivity index (χ1n) is 6.21. The molecule has 3 nitrogen and oxygen atoms in total. The predicted octanol–water partition coefficient (Wildman–Crippen LogP) is 1.88. The number of nitrogens with one attached hydrogen (secondary N) is 1. The van der Waals surface area contributed by atoms with Crippen LogP contribution in [0.5, 0.6) is 0 Å². The third-order valence-corrected chi connectivity index (χ3v) is 4.04. The Morgan fingerprint density at radius 2 is 2.00 bits per heavy atom. The Balaban J connectivity index is 1.89. The largest absolute Gasteiger partial charge is 0.481 e. The van der Waals surface area contributed by atoms with Crippen LogP contribution in [0.4, 0.5) is 0 Å². The smallest absolute Gasteiger partial charge is 0.306 e. The molecule has 0 aromatic rings. The standard InChI is InChI=1S/C12H21NO2/c14-12(15)11-5-6-13-8-10(11)7-9-3-1-2-4-9/h9-11,13H,1-8H2,(H,14,15). The van der Waals surface area contributed by atoms with E-state index in [1.54, 1.807) is 0 Å². The third-order valence-electron chi connectivity index (χ3n) is 4.04. The lowest BCUT2D eigenvalue weighted by Crippen LogP contribution is -2.40. The summed E-state index contributed by atoms with van der Waals surface area (Å²) in [7, 11) is 0. The maximum atomic E-state index is 11.1. The van der Waals surface area contributed by atoms with Crippen molar-refractivity contribution in [1.29, 1.82) is 0 Å². The number of hydrogen-bond acceptors (Lipinski definition) is 2. The molecule has 0 radical (unpaired) electrons. The second kappa shape index (κ2) is 4.97. The molecule has 15 heavy (non-hydrogen) atoms. The first kappa shape index (κ1) is 10.9. The Morgan fingerprint density at radius 1 is 1.27 bits per heavy atom. The van der Waals surface area contributed by atoms with E-state index in [0.717, 1.165) is 31.8 Å². The third kappa shape index (κ3) is 2.71. The van der Waals surface area contributed by atoms with E-state index in [-0.39, 0.29) is 5.92 Å². The van der Waals surface area contributed by atoms with Gasteiger partial charge in [-0.2, -0.15) is 0 Å². The maximum absolute atomic E-state index is 11.1. The molecule has 0 spiro atoms. The molecule has 2 fully saturated rings. The Labute approximate surface area is 91.2 Å². The maximum Gasteiger partial charge on any atom is 0.306 e. The van der Waals surface area contributed by atoms with Crippen molar-refractivity contribution in [2.24, 2.45) is 17.8 Å². The first-order chi connectivity index (χ1) is 7.27. The Hall–Kier alpha value is -0.570. The lowest BCUT2D eigenvalue weighted by Gasteiger charge is -2.31. The molecule has 3 heteroatoms. The van der Waals surface area contributed by atoms with Gasteiger partial charge >= 0.3 is 5.97 Å². The molecule has 2 aliphatic rings. The van der Waals surface area contributed by atoms with Crippen LogP contribution < -0.4 is 5.32 Å². The van der Waals surface area contributed by atoms with Crippen molar-refractivity contribution in [2.45, 2.75) is 38.5 Å². The molecule has 0 amide bonds. The first-order valence-corrected chi connectivity index (χ1v) is 6.21. The van der Waals surface area contributed by atoms with E-state index >= 15 is 0 Å². The number of aliphatic carboxylic acids is 1. The molecule has 0 bridgehead atoms. The van der Waals surface area contributed by atoms with Crippen molar-refractivity contribution in [3.05, 3.63) is 0 Å². The van der Waals surface area contributed by atoms with Crippen LogP contribution in [-0.2, 0) is 4.79 Å². The number of piperidine rings is 1. The van der Waals surface area contributed by atoms with E-state index in [1.807, 2.05) is 0 Å². The minimum atomic E-state index is -0.584. The van der Waals surface area contributed by atoms with Gasteiger partial charge in [0, 0.05) is 0 Å². The van der Waals surface area contributed by atoms with Crippen molar-refractivity contribution < 1.29 is 9.90 Å². The molecule has 1 aliphatic carbocycles. The summed E-state index contributed by atoms with van der Waals surface area (Å²) in [5.74, 6) is 0.502. The Morgan fingerprint density at radius 3 is 2.67 bits per heavy atom. The SMILES string of the molecule is O=C(O)C1CCNCC1CC1CCCC1. The molecule has 1 saturated carbocycles. The quantitative estimate of drug-likeness (QED) is 0.749. The van der Waals surface area contributed by atoms with Gasteiger partial charge < -0.3 is 10.4 Å². The summed E-state index contributed by atoms with van der Waals surface area (Å²) in [6.45, 7) is 1.78. The topological polar surface area (TPSA) is 49.3 Å². The van der Waals surface area contributed by atoms with Crippen molar-refractivity contribution in [1.82, 2.24) is 5.32 Å². The van der Waals surface area contributed by atoms with Crippen LogP contribution in [0, 0.1) is 17.8 Å². The number of carboxylic acid groups (broad SMARTS) is 1. The molecule has 86 valence electrons. The zero-order chi connectivity index (χ0) is 10.7. The van der Waals surface area contributed by atoms with Gasteiger partial charge in [-0.1, -0.05) is 25.7 Å². The van der Waals surface area contributed by atoms with Gasteiger partial charge in [-0.15, -0.1) is 0 Å². The summed E-state index contributed by atoms with van der Waals surface area (Å²) in [6, 6.07) is 0. The average Bonchev–Trinajstić information content (AvgIpc) is 2.71. The number of carbonyl (C=O) groups is 1. The molecule has 2 unspecified atom stereocenters. The van der Waals surface area contributed by atoms with E-state index < -0.39 is 5.97 Å². The highest BCUT2D eigenvalue weighted by Crippen LogP contribution is 2.34. The van der Waals surface area contributed by atoms with E-state index in [9.17, 15) is 4.79 Å². The molecule has 2 rings (SSSR count). The van der Waals surface area contributed by atoms with Crippen molar-refractivity contribution in [2.75, 3.05) is 13.1 Å². The van der Waals surface area contributed by atoms with Crippen molar-refractivity contribution in [3.63, 3.8) is 0 Å². The van der Waals surface area contributed by atoms with E-state index in [0.29, 0.717) is 5.92 Å². The lowest BCUT2D eigenvalue weighted by atomic mass is 9.80. The fourth-order valence-corrected chi connectivity index (χ4v) is 3.17. The van der Waals surface area contributed by atoms with Gasteiger partial charge in [0.05, 0.1) is 5.92 Å². The van der Waals surface area contributed by atoms with Crippen LogP contribution in [0.3, 0.4) is 0 Å². The van der Waals surface area contributed by atoms with Crippen LogP contribution in [0.25, 0.3) is 0 Å². The fourth-order valence-electron chi connectivity index (χ4n) is 3.17. The number of hydrogen-bond donors (Lipinski definition) is 2. The summed E-state index contributed by atoms with van der Waals surface area (Å²) in [6.07, 6.45) is 7.29. The summed E-state index contributed by atoms with van der Waals surface area (Å²) >= 11 is 0. The predicted molar refractivity (Wildman–Crippen MR) is 58.7 cm³/mol. The Bertz CT molecular complexity index is 224. The van der Waals surface area contributed by atoms with Gasteiger partial charge in [-0.05, 0) is 37.8 Å². The molecular formula is C12H21NO2. The molecule has 0 aromatic heterocycles. The fraction of sp³-hybridized carbons (Fsp3) is 0.917. The normalized spacial score (nSPS) is 33.1. The number of rotatable bonds is 3. The van der Waals surface area contributed by atoms with E-state index in [4.69, 9.17) is 5.11 Å². The van der Waals surface area contributed by atoms with Crippen LogP contribution in [0.15, 0.2) is 0 Å². The Kier molecular flexibility index (Phi) is 3.62. The monoisotopic (exact) mass is 211 g/mol. The van der Waals surface area contributed by atoms with Gasteiger partial charge in [0.2, 0.25) is 0 Å². The van der Waals surface area contributed by atoms with Crippen LogP contribution >= 0.6 is 0 Å². The zero-order valence-corrected chi connectivity index (χ0v) is 9.24. The molecule has 1 aliphatic heterocycles. The molecule has 1 heterocycles. The zero-order valence-electron chi connectivity index (χ0n) is 9.24. The van der Waals surface area contributed by atoms with Gasteiger partial charge in [-0.25, -0.2) is 0 Å². The average molecular weight is 211 g/mol. The molecular weight excluding hydrogens is 190 g/mol. The van der Waals surface area contributed by atoms with Crippen LogP contribution in [0.1, 0.15) is 38.5 Å². The van der Waals surface area contributed by atoms with Crippen molar-refractivity contribution in [3.8, 4) is 0 Å². The molecule has 2 N–H and O–H groups in total. The molecule has 0 aromatic carbocycles. The summed E-state index contributed by atoms with van der Waals surface area (Å²) in [5, 5.41) is 12.5. The van der Waals surface area contributed by atoms with Gasteiger partial charge in [0.25, 0.3) is 0 Å². The molecule has 2 atom stereocenters. The minimum absolute atomic E-state index is 0.0909. The number of carboxylic acids is 1. The summed E-state index contributed by atoms with van der Waals surface area (Å²) in [5.41, 5.74) is 0. The second-order valence-corrected chi connectivity index (χ2v) is 5.08. The lowest BCUT2D eigenvalue weighted by molar-refractivity contribution is -0.144.